The fraction of sp³-hybridized carbons (Fsp3) is 0.571. The molecule has 6 heteroatoms. The smallest absolute Gasteiger partial charge is 0.369 e. The van der Waals surface area contributed by atoms with E-state index in [9.17, 15) is 13.2 Å². The number of hydrogen-bond acceptors (Lipinski definition) is 2. The Kier molecular flexibility index (Phi) is 3.82. The van der Waals surface area contributed by atoms with Crippen LogP contribution in [0.1, 0.15) is 35.1 Å². The van der Waals surface area contributed by atoms with Gasteiger partial charge in [-0.2, -0.15) is 13.2 Å². The molecule has 0 saturated carbocycles. The monoisotopic (exact) mass is 307 g/mol. The van der Waals surface area contributed by atoms with E-state index < -0.39 is 11.7 Å². The van der Waals surface area contributed by atoms with Crippen LogP contribution in [-0.4, -0.2) is 18.7 Å². The van der Waals surface area contributed by atoms with Crippen molar-refractivity contribution in [2.45, 2.75) is 38.1 Å². The van der Waals surface area contributed by atoms with Crippen LogP contribution < -0.4 is 5.32 Å². The van der Waals surface area contributed by atoms with Crippen LogP contribution in [0.5, 0.6) is 0 Å². The highest BCUT2D eigenvalue weighted by Crippen LogP contribution is 2.45. The summed E-state index contributed by atoms with van der Waals surface area (Å²) >= 11 is 0. The molecule has 0 radical (unpaired) electrons. The summed E-state index contributed by atoms with van der Waals surface area (Å²) in [5.41, 5.74) is 0.831. The lowest BCUT2D eigenvalue weighted by molar-refractivity contribution is -0.141. The lowest BCUT2D eigenvalue weighted by atomic mass is 9.79. The van der Waals surface area contributed by atoms with Gasteiger partial charge in [0.15, 0.2) is 0 Å². The summed E-state index contributed by atoms with van der Waals surface area (Å²) in [6.45, 7) is 5.08. The molecule has 2 heterocycles. The van der Waals surface area contributed by atoms with E-state index in [1.807, 2.05) is 13.0 Å². The third-order valence-electron chi connectivity index (χ3n) is 4.22. The van der Waals surface area contributed by atoms with Crippen molar-refractivity contribution in [3.05, 3.63) is 34.4 Å². The van der Waals surface area contributed by atoms with Gasteiger partial charge in [-0.15, -0.1) is 12.4 Å². The maximum atomic E-state index is 13.1. The largest absolute Gasteiger partial charge is 0.416 e. The Balaban J connectivity index is 0.00000147. The molecular weight excluding hydrogens is 291 g/mol. The lowest BCUT2D eigenvalue weighted by Crippen LogP contribution is -2.40. The van der Waals surface area contributed by atoms with Gasteiger partial charge in [-0.05, 0) is 31.0 Å². The minimum absolute atomic E-state index is 0. The van der Waals surface area contributed by atoms with Crippen LogP contribution in [0.2, 0.25) is 0 Å². The van der Waals surface area contributed by atoms with Crippen molar-refractivity contribution in [1.29, 1.82) is 0 Å². The van der Waals surface area contributed by atoms with Gasteiger partial charge in [-0.25, -0.2) is 0 Å². The average Bonchev–Trinajstić information content (AvgIpc) is 2.69. The van der Waals surface area contributed by atoms with Crippen LogP contribution >= 0.6 is 12.4 Å². The molecule has 1 N–H and O–H groups in total. The van der Waals surface area contributed by atoms with E-state index in [4.69, 9.17) is 4.74 Å². The van der Waals surface area contributed by atoms with Gasteiger partial charge in [-0.3, -0.25) is 0 Å². The van der Waals surface area contributed by atoms with Gasteiger partial charge in [0.05, 0.1) is 17.8 Å². The molecule has 1 fully saturated rings. The zero-order valence-corrected chi connectivity index (χ0v) is 12.1. The van der Waals surface area contributed by atoms with E-state index in [1.54, 1.807) is 6.92 Å². The Labute approximate surface area is 122 Å². The highest BCUT2D eigenvalue weighted by Gasteiger charge is 2.47. The maximum Gasteiger partial charge on any atom is 0.416 e. The first-order chi connectivity index (χ1) is 8.81. The number of alkyl halides is 3. The molecule has 0 amide bonds. The lowest BCUT2D eigenvalue weighted by Gasteiger charge is -2.38. The molecule has 1 aromatic carbocycles. The number of halogens is 4. The second-order valence-electron chi connectivity index (χ2n) is 5.66. The Morgan fingerprint density at radius 3 is 2.70 bits per heavy atom. The molecule has 2 aliphatic heterocycles. The number of benzene rings is 1. The molecule has 1 saturated heterocycles. The topological polar surface area (TPSA) is 21.3 Å². The molecule has 0 aromatic heterocycles. The van der Waals surface area contributed by atoms with E-state index in [-0.39, 0.29) is 30.5 Å². The first-order valence-corrected chi connectivity index (χ1v) is 6.36. The van der Waals surface area contributed by atoms with Crippen LogP contribution in [0.15, 0.2) is 12.1 Å². The average molecular weight is 308 g/mol. The second kappa shape index (κ2) is 4.90. The van der Waals surface area contributed by atoms with Crippen molar-refractivity contribution in [1.82, 2.24) is 5.32 Å². The molecule has 2 nitrogen and oxygen atoms in total. The zero-order valence-electron chi connectivity index (χ0n) is 11.3. The molecule has 2 atom stereocenters. The predicted octanol–water partition coefficient (Wildman–Crippen LogP) is 3.41. The molecule has 0 unspecified atom stereocenters. The van der Waals surface area contributed by atoms with Crippen LogP contribution in [-0.2, 0) is 17.5 Å². The predicted molar refractivity (Wildman–Crippen MR) is 72.2 cm³/mol. The van der Waals surface area contributed by atoms with E-state index in [0.29, 0.717) is 24.2 Å². The van der Waals surface area contributed by atoms with Crippen molar-refractivity contribution in [2.24, 2.45) is 0 Å². The Morgan fingerprint density at radius 1 is 1.35 bits per heavy atom. The highest BCUT2D eigenvalue weighted by molar-refractivity contribution is 5.85. The van der Waals surface area contributed by atoms with Gasteiger partial charge >= 0.3 is 6.18 Å². The molecule has 0 spiro atoms. The molecule has 0 bridgehead atoms. The Bertz CT molecular complexity index is 532. The van der Waals surface area contributed by atoms with Gasteiger partial charge in [-0.1, -0.05) is 11.6 Å². The van der Waals surface area contributed by atoms with Crippen molar-refractivity contribution < 1.29 is 17.9 Å². The van der Waals surface area contributed by atoms with Crippen LogP contribution in [0, 0.1) is 6.92 Å². The molecule has 2 aliphatic rings. The van der Waals surface area contributed by atoms with Crippen LogP contribution in [0.4, 0.5) is 13.2 Å². The molecule has 1 aromatic rings. The van der Waals surface area contributed by atoms with Crippen molar-refractivity contribution in [3.8, 4) is 0 Å². The maximum absolute atomic E-state index is 13.1. The third-order valence-corrected chi connectivity index (χ3v) is 4.22. The van der Waals surface area contributed by atoms with Gasteiger partial charge in [0, 0.05) is 19.0 Å². The first-order valence-electron chi connectivity index (χ1n) is 6.36. The Morgan fingerprint density at radius 2 is 2.05 bits per heavy atom. The van der Waals surface area contributed by atoms with E-state index in [2.05, 4.69) is 5.32 Å². The Hall–Kier alpha value is -0.780. The van der Waals surface area contributed by atoms with Crippen molar-refractivity contribution in [2.75, 3.05) is 13.1 Å². The minimum atomic E-state index is -4.32. The fourth-order valence-electron chi connectivity index (χ4n) is 3.20. The van der Waals surface area contributed by atoms with Gasteiger partial charge in [0.2, 0.25) is 0 Å². The summed E-state index contributed by atoms with van der Waals surface area (Å²) in [4.78, 5) is 0. The van der Waals surface area contributed by atoms with Crippen molar-refractivity contribution in [3.63, 3.8) is 0 Å². The second-order valence-corrected chi connectivity index (χ2v) is 5.66. The summed E-state index contributed by atoms with van der Waals surface area (Å²) in [5.74, 6) is -0.00255. The van der Waals surface area contributed by atoms with E-state index in [1.165, 1.54) is 6.07 Å². The zero-order chi connectivity index (χ0) is 13.8. The molecule has 0 aliphatic carbocycles. The first kappa shape index (κ1) is 15.6. The van der Waals surface area contributed by atoms with E-state index >= 15 is 0 Å². The number of aryl methyl sites for hydroxylation is 1. The number of hydrogen-bond donors (Lipinski definition) is 1. The molecule has 20 heavy (non-hydrogen) atoms. The molecule has 112 valence electrons. The SMILES string of the molecule is Cc1cc2c(c(C(F)(F)F)c1)CO[C@]1(C)CNC[C@H]21.Cl. The summed E-state index contributed by atoms with van der Waals surface area (Å²) in [7, 11) is 0. The van der Waals surface area contributed by atoms with Gasteiger partial charge in [0.25, 0.3) is 0 Å². The van der Waals surface area contributed by atoms with Crippen molar-refractivity contribution >= 4 is 12.4 Å². The fourth-order valence-corrected chi connectivity index (χ4v) is 3.20. The number of rotatable bonds is 0. The quantitative estimate of drug-likeness (QED) is 0.793. The minimum Gasteiger partial charge on any atom is -0.369 e. The highest BCUT2D eigenvalue weighted by atomic mass is 35.5. The number of ether oxygens (including phenoxy) is 1. The number of nitrogens with one attached hydrogen (secondary N) is 1. The van der Waals surface area contributed by atoms with E-state index in [0.717, 1.165) is 5.56 Å². The number of fused-ring (bicyclic) bond motifs is 3. The summed E-state index contributed by atoms with van der Waals surface area (Å²) in [6.07, 6.45) is -4.32. The summed E-state index contributed by atoms with van der Waals surface area (Å²) < 4.78 is 45.1. The van der Waals surface area contributed by atoms with Crippen LogP contribution in [0.25, 0.3) is 0 Å². The normalized spacial score (nSPS) is 28.6. The molecule has 3 rings (SSSR count). The van der Waals surface area contributed by atoms with Crippen LogP contribution in [0.3, 0.4) is 0 Å². The van der Waals surface area contributed by atoms with Gasteiger partial charge < -0.3 is 10.1 Å². The standard InChI is InChI=1S/C14H16F3NO.ClH/c1-8-3-9-10(11(4-8)14(15,16)17)6-19-13(2)7-18-5-12(9)13;/h3-4,12,18H,5-7H2,1-2H3;1H/t12-,13-;/m1./s1. The third kappa shape index (κ3) is 2.32. The summed E-state index contributed by atoms with van der Waals surface area (Å²) in [6, 6.07) is 3.09. The summed E-state index contributed by atoms with van der Waals surface area (Å²) in [5, 5.41) is 3.22. The van der Waals surface area contributed by atoms with Gasteiger partial charge in [0.1, 0.15) is 0 Å². The molecular formula is C14H17ClF3NO.